The molecule has 3 rings (SSSR count). The van der Waals surface area contributed by atoms with E-state index < -0.39 is 0 Å². The number of carbonyl (C=O) groups excluding carboxylic acids is 1. The van der Waals surface area contributed by atoms with Gasteiger partial charge in [-0.3, -0.25) is 14.8 Å². The van der Waals surface area contributed by atoms with Gasteiger partial charge in [-0.1, -0.05) is 51.0 Å². The van der Waals surface area contributed by atoms with Gasteiger partial charge in [0.05, 0.1) is 0 Å². The molecule has 1 amide bonds. The first-order valence-corrected chi connectivity index (χ1v) is 9.75. The molecule has 0 atom stereocenters. The second-order valence-electron chi connectivity index (χ2n) is 7.56. The molecule has 1 aromatic heterocycles. The number of hydrogen-bond acceptors (Lipinski definition) is 3. The lowest BCUT2D eigenvalue weighted by molar-refractivity contribution is 0.0946. The largest absolute Gasteiger partial charge is 0.347 e. The molecule has 26 heavy (non-hydrogen) atoms. The van der Waals surface area contributed by atoms with Crippen LogP contribution in [0.5, 0.6) is 0 Å². The van der Waals surface area contributed by atoms with Gasteiger partial charge in [0.25, 0.3) is 5.91 Å². The summed E-state index contributed by atoms with van der Waals surface area (Å²) < 4.78 is 0. The minimum atomic E-state index is -0.133. The van der Waals surface area contributed by atoms with Crippen LogP contribution in [0, 0.1) is 0 Å². The minimum Gasteiger partial charge on any atom is -0.347 e. The molecular formula is C21H30N4O. The summed E-state index contributed by atoms with van der Waals surface area (Å²) in [5.41, 5.74) is 3.88. The van der Waals surface area contributed by atoms with E-state index in [9.17, 15) is 4.79 Å². The lowest BCUT2D eigenvalue weighted by Crippen LogP contribution is -2.25. The Balaban J connectivity index is 1.55. The average molecular weight is 354 g/mol. The molecular weight excluding hydrogens is 324 g/mol. The molecule has 0 unspecified atom stereocenters. The van der Waals surface area contributed by atoms with Crippen molar-refractivity contribution in [2.45, 2.75) is 58.5 Å². The highest BCUT2D eigenvalue weighted by Crippen LogP contribution is 2.15. The Morgan fingerprint density at radius 3 is 2.58 bits per heavy atom. The molecule has 0 aliphatic carbocycles. The normalized spacial score (nSPS) is 15.8. The number of benzene rings is 1. The van der Waals surface area contributed by atoms with Crippen LogP contribution in [0.1, 0.15) is 72.8 Å². The first kappa shape index (κ1) is 18.6. The van der Waals surface area contributed by atoms with Crippen LogP contribution in [0.2, 0.25) is 0 Å². The quantitative estimate of drug-likeness (QED) is 0.828. The number of likely N-dealkylation sites (tertiary alicyclic amines) is 1. The first-order valence-electron chi connectivity index (χ1n) is 9.75. The number of carbonyl (C=O) groups is 1. The fourth-order valence-electron chi connectivity index (χ4n) is 3.41. The maximum absolute atomic E-state index is 12.3. The summed E-state index contributed by atoms with van der Waals surface area (Å²) in [7, 11) is 0. The van der Waals surface area contributed by atoms with Crippen LogP contribution in [-0.4, -0.2) is 34.1 Å². The Bertz CT molecular complexity index is 714. The maximum Gasteiger partial charge on any atom is 0.272 e. The van der Waals surface area contributed by atoms with Crippen molar-refractivity contribution in [3.8, 4) is 0 Å². The van der Waals surface area contributed by atoms with Crippen LogP contribution in [0.15, 0.2) is 30.3 Å². The third-order valence-corrected chi connectivity index (χ3v) is 5.00. The van der Waals surface area contributed by atoms with Gasteiger partial charge in [-0.05, 0) is 49.0 Å². The third kappa shape index (κ3) is 5.18. The number of amides is 1. The molecule has 1 aliphatic rings. The van der Waals surface area contributed by atoms with Crippen molar-refractivity contribution in [3.63, 3.8) is 0 Å². The van der Waals surface area contributed by atoms with E-state index in [1.165, 1.54) is 44.3 Å². The number of nitrogens with one attached hydrogen (secondary N) is 2. The predicted molar refractivity (Wildman–Crippen MR) is 104 cm³/mol. The van der Waals surface area contributed by atoms with E-state index >= 15 is 0 Å². The second kappa shape index (κ2) is 8.99. The number of hydrogen-bond donors (Lipinski definition) is 2. The van der Waals surface area contributed by atoms with Gasteiger partial charge in [-0.15, -0.1) is 0 Å². The molecule has 1 aromatic carbocycles. The van der Waals surface area contributed by atoms with Crippen molar-refractivity contribution in [3.05, 3.63) is 52.8 Å². The first-order chi connectivity index (χ1) is 12.6. The van der Waals surface area contributed by atoms with Crippen molar-refractivity contribution < 1.29 is 4.79 Å². The fourth-order valence-corrected chi connectivity index (χ4v) is 3.41. The Morgan fingerprint density at radius 1 is 1.15 bits per heavy atom. The van der Waals surface area contributed by atoms with Gasteiger partial charge in [0.2, 0.25) is 0 Å². The van der Waals surface area contributed by atoms with Gasteiger partial charge in [0, 0.05) is 18.8 Å². The van der Waals surface area contributed by atoms with Crippen molar-refractivity contribution in [2.24, 2.45) is 0 Å². The topological polar surface area (TPSA) is 61.0 Å². The molecule has 2 heterocycles. The van der Waals surface area contributed by atoms with Gasteiger partial charge in [0.15, 0.2) is 0 Å². The highest BCUT2D eigenvalue weighted by Gasteiger charge is 2.12. The molecule has 1 fully saturated rings. The number of aromatic nitrogens is 2. The lowest BCUT2D eigenvalue weighted by atomic mass is 10.1. The zero-order valence-corrected chi connectivity index (χ0v) is 15.9. The molecule has 1 aliphatic heterocycles. The Labute approximate surface area is 156 Å². The monoisotopic (exact) mass is 354 g/mol. The molecule has 0 radical (unpaired) electrons. The number of H-pyrrole nitrogens is 1. The zero-order chi connectivity index (χ0) is 18.4. The van der Waals surface area contributed by atoms with Crippen LogP contribution in [-0.2, 0) is 13.1 Å². The average Bonchev–Trinajstić information content (AvgIpc) is 3.00. The van der Waals surface area contributed by atoms with Crippen LogP contribution in [0.25, 0.3) is 0 Å². The van der Waals surface area contributed by atoms with Crippen molar-refractivity contribution in [1.82, 2.24) is 20.4 Å². The van der Waals surface area contributed by atoms with Crippen molar-refractivity contribution in [2.75, 3.05) is 13.1 Å². The lowest BCUT2D eigenvalue weighted by Gasteiger charge is -2.20. The van der Waals surface area contributed by atoms with Gasteiger partial charge >= 0.3 is 0 Å². The van der Waals surface area contributed by atoms with Crippen LogP contribution < -0.4 is 5.32 Å². The molecule has 2 N–H and O–H groups in total. The van der Waals surface area contributed by atoms with E-state index in [0.717, 1.165) is 17.8 Å². The standard InChI is InChI=1S/C21H30N4O/c1-16(2)19-13-20(24-23-19)21(26)22-14-17-8-7-9-18(12-17)15-25-10-5-3-4-6-11-25/h7-9,12-13,16H,3-6,10-11,14-15H2,1-2H3,(H,22,26)(H,23,24). The molecule has 5 nitrogen and oxygen atoms in total. The van der Waals surface area contributed by atoms with E-state index in [0.29, 0.717) is 18.2 Å². The fraction of sp³-hybridized carbons (Fsp3) is 0.524. The van der Waals surface area contributed by atoms with E-state index in [-0.39, 0.29) is 5.91 Å². The Morgan fingerprint density at radius 2 is 1.88 bits per heavy atom. The SMILES string of the molecule is CC(C)c1cc(C(=O)NCc2cccc(CN3CCCCCC3)c2)n[nH]1. The summed E-state index contributed by atoms with van der Waals surface area (Å²) in [6, 6.07) is 10.4. The van der Waals surface area contributed by atoms with Gasteiger partial charge in [-0.2, -0.15) is 5.10 Å². The Kier molecular flexibility index (Phi) is 6.45. The molecule has 2 aromatic rings. The van der Waals surface area contributed by atoms with Gasteiger partial charge in [0.1, 0.15) is 5.69 Å². The summed E-state index contributed by atoms with van der Waals surface area (Å²) in [6.07, 6.45) is 5.32. The molecule has 1 saturated heterocycles. The van der Waals surface area contributed by atoms with E-state index in [4.69, 9.17) is 0 Å². The van der Waals surface area contributed by atoms with Crippen molar-refractivity contribution in [1.29, 1.82) is 0 Å². The van der Waals surface area contributed by atoms with E-state index in [1.807, 2.05) is 6.07 Å². The third-order valence-electron chi connectivity index (χ3n) is 5.00. The van der Waals surface area contributed by atoms with Crippen LogP contribution >= 0.6 is 0 Å². The summed E-state index contributed by atoms with van der Waals surface area (Å²) in [5.74, 6) is 0.200. The summed E-state index contributed by atoms with van der Waals surface area (Å²) >= 11 is 0. The molecule has 0 bridgehead atoms. The predicted octanol–water partition coefficient (Wildman–Crippen LogP) is 3.84. The van der Waals surface area contributed by atoms with E-state index in [1.54, 1.807) is 0 Å². The van der Waals surface area contributed by atoms with Crippen LogP contribution in [0.4, 0.5) is 0 Å². The zero-order valence-electron chi connectivity index (χ0n) is 15.9. The number of aromatic amines is 1. The maximum atomic E-state index is 12.3. The highest BCUT2D eigenvalue weighted by molar-refractivity contribution is 5.92. The smallest absolute Gasteiger partial charge is 0.272 e. The minimum absolute atomic E-state index is 0.133. The van der Waals surface area contributed by atoms with Gasteiger partial charge in [-0.25, -0.2) is 0 Å². The Hall–Kier alpha value is -2.14. The summed E-state index contributed by atoms with van der Waals surface area (Å²) in [6.45, 7) is 8.06. The molecule has 140 valence electrons. The number of rotatable bonds is 6. The molecule has 0 saturated carbocycles. The summed E-state index contributed by atoms with van der Waals surface area (Å²) in [4.78, 5) is 14.8. The molecule has 0 spiro atoms. The second-order valence-corrected chi connectivity index (χ2v) is 7.56. The van der Waals surface area contributed by atoms with E-state index in [2.05, 4.69) is 58.5 Å². The van der Waals surface area contributed by atoms with Crippen molar-refractivity contribution >= 4 is 5.91 Å². The molecule has 5 heteroatoms. The summed E-state index contributed by atoms with van der Waals surface area (Å²) in [5, 5.41) is 10.0. The van der Waals surface area contributed by atoms with Crippen LogP contribution in [0.3, 0.4) is 0 Å². The van der Waals surface area contributed by atoms with Gasteiger partial charge < -0.3 is 5.32 Å². The highest BCUT2D eigenvalue weighted by atomic mass is 16.1. The number of nitrogens with zero attached hydrogens (tertiary/aromatic N) is 2.